The summed E-state index contributed by atoms with van der Waals surface area (Å²) in [6, 6.07) is 0. The maximum absolute atomic E-state index is 9.49. The van der Waals surface area contributed by atoms with Gasteiger partial charge in [-0.15, -0.1) is 0 Å². The van der Waals surface area contributed by atoms with Crippen molar-refractivity contribution in [1.82, 2.24) is 0 Å². The Morgan fingerprint density at radius 1 is 0.750 bits per heavy atom. The molecule has 0 aromatic heterocycles. The minimum atomic E-state index is -1.20. The Hall–Kier alpha value is -0.240. The predicted molar refractivity (Wildman–Crippen MR) is 56.6 cm³/mol. The molecule has 0 heterocycles. The Kier molecular flexibility index (Phi) is 7.82. The first-order chi connectivity index (χ1) is 7.43. The number of aliphatic hydroxyl groups is 6. The van der Waals surface area contributed by atoms with Gasteiger partial charge >= 0.3 is 0 Å². The van der Waals surface area contributed by atoms with Crippen molar-refractivity contribution in [3.05, 3.63) is 0 Å². The van der Waals surface area contributed by atoms with E-state index in [4.69, 9.17) is 20.4 Å². The fourth-order valence-corrected chi connectivity index (χ4v) is 1.41. The highest BCUT2D eigenvalue weighted by atomic mass is 16.4. The van der Waals surface area contributed by atoms with Gasteiger partial charge in [0.25, 0.3) is 0 Å². The third-order valence-corrected chi connectivity index (χ3v) is 2.71. The zero-order chi connectivity index (χ0) is 12.7. The van der Waals surface area contributed by atoms with Crippen LogP contribution in [-0.4, -0.2) is 68.3 Å². The Morgan fingerprint density at radius 2 is 1.25 bits per heavy atom. The summed E-state index contributed by atoms with van der Waals surface area (Å²) in [6.07, 6.45) is -3.93. The molecule has 5 atom stereocenters. The summed E-state index contributed by atoms with van der Waals surface area (Å²) >= 11 is 0. The molecular formula is C10H22O6. The van der Waals surface area contributed by atoms with Gasteiger partial charge in [0.05, 0.1) is 25.4 Å². The number of hydrogen-bond donors (Lipinski definition) is 6. The van der Waals surface area contributed by atoms with Crippen LogP contribution < -0.4 is 0 Å². The quantitative estimate of drug-likeness (QED) is 0.286. The molecule has 0 bridgehead atoms. The highest BCUT2D eigenvalue weighted by Gasteiger charge is 2.24. The zero-order valence-electron chi connectivity index (χ0n) is 9.40. The Bertz CT molecular complexity index is 177. The van der Waals surface area contributed by atoms with E-state index < -0.39 is 37.6 Å². The van der Waals surface area contributed by atoms with Gasteiger partial charge in [-0.05, 0) is 18.8 Å². The second-order valence-corrected chi connectivity index (χ2v) is 4.11. The molecule has 0 aromatic rings. The van der Waals surface area contributed by atoms with Crippen LogP contribution in [0, 0.1) is 5.92 Å². The highest BCUT2D eigenvalue weighted by Crippen LogP contribution is 2.16. The molecule has 0 amide bonds. The van der Waals surface area contributed by atoms with Crippen LogP contribution in [0.1, 0.15) is 19.8 Å². The first kappa shape index (κ1) is 15.8. The molecule has 0 rings (SSSR count). The standard InChI is InChI=1S/C10H22O6/c1-6(10(16)9(15)5-12)2-3-7(13)8(14)4-11/h6-16H,2-5H2,1H3. The molecule has 0 aromatic carbocycles. The van der Waals surface area contributed by atoms with Crippen molar-refractivity contribution in [3.63, 3.8) is 0 Å². The van der Waals surface area contributed by atoms with Crippen LogP contribution in [0.4, 0.5) is 0 Å². The van der Waals surface area contributed by atoms with Crippen molar-refractivity contribution in [2.75, 3.05) is 13.2 Å². The maximum atomic E-state index is 9.49. The van der Waals surface area contributed by atoms with E-state index in [1.165, 1.54) is 0 Å². The van der Waals surface area contributed by atoms with Gasteiger partial charge in [0.2, 0.25) is 0 Å². The SMILES string of the molecule is CC(CCC(O)C(O)CO)C(O)C(O)CO. The number of aliphatic hydroxyl groups excluding tert-OH is 6. The zero-order valence-corrected chi connectivity index (χ0v) is 9.40. The van der Waals surface area contributed by atoms with Crippen LogP contribution in [0.25, 0.3) is 0 Å². The van der Waals surface area contributed by atoms with E-state index in [9.17, 15) is 10.2 Å². The second kappa shape index (κ2) is 7.94. The van der Waals surface area contributed by atoms with Crippen molar-refractivity contribution in [3.8, 4) is 0 Å². The molecule has 6 heteroatoms. The van der Waals surface area contributed by atoms with Crippen LogP contribution in [-0.2, 0) is 0 Å². The molecule has 0 radical (unpaired) electrons. The molecule has 6 N–H and O–H groups in total. The highest BCUT2D eigenvalue weighted by molar-refractivity contribution is 4.75. The lowest BCUT2D eigenvalue weighted by Crippen LogP contribution is -2.36. The summed E-state index contributed by atoms with van der Waals surface area (Å²) in [4.78, 5) is 0. The van der Waals surface area contributed by atoms with Gasteiger partial charge in [-0.2, -0.15) is 0 Å². The van der Waals surface area contributed by atoms with Crippen LogP contribution in [0.15, 0.2) is 0 Å². The first-order valence-corrected chi connectivity index (χ1v) is 5.38. The van der Waals surface area contributed by atoms with Crippen LogP contribution in [0.5, 0.6) is 0 Å². The van der Waals surface area contributed by atoms with Crippen LogP contribution in [0.3, 0.4) is 0 Å². The fourth-order valence-electron chi connectivity index (χ4n) is 1.41. The summed E-state index contributed by atoms with van der Waals surface area (Å²) in [7, 11) is 0. The molecule has 0 aliphatic heterocycles. The average Bonchev–Trinajstić information content (AvgIpc) is 2.32. The topological polar surface area (TPSA) is 121 Å². The van der Waals surface area contributed by atoms with E-state index in [0.717, 1.165) is 0 Å². The third-order valence-electron chi connectivity index (χ3n) is 2.71. The lowest BCUT2D eigenvalue weighted by Gasteiger charge is -2.24. The van der Waals surface area contributed by atoms with Gasteiger partial charge in [-0.3, -0.25) is 0 Å². The fraction of sp³-hybridized carbons (Fsp3) is 1.00. The first-order valence-electron chi connectivity index (χ1n) is 5.38. The molecule has 0 spiro atoms. The van der Waals surface area contributed by atoms with Gasteiger partial charge < -0.3 is 30.6 Å². The summed E-state index contributed by atoms with van der Waals surface area (Å²) in [5.41, 5.74) is 0. The normalized spacial score (nSPS) is 21.2. The predicted octanol–water partition coefficient (Wildman–Crippen LogP) is -2.17. The van der Waals surface area contributed by atoms with Crippen molar-refractivity contribution in [2.45, 2.75) is 44.2 Å². The van der Waals surface area contributed by atoms with E-state index in [-0.39, 0.29) is 12.3 Å². The van der Waals surface area contributed by atoms with Crippen molar-refractivity contribution >= 4 is 0 Å². The summed E-state index contributed by atoms with van der Waals surface area (Å²) in [5.74, 6) is -0.317. The Morgan fingerprint density at radius 3 is 1.69 bits per heavy atom. The lowest BCUT2D eigenvalue weighted by molar-refractivity contribution is -0.0506. The van der Waals surface area contributed by atoms with E-state index >= 15 is 0 Å². The minimum absolute atomic E-state index is 0.206. The molecule has 0 aliphatic rings. The molecule has 0 saturated carbocycles. The summed E-state index contributed by atoms with van der Waals surface area (Å²) < 4.78 is 0. The molecule has 16 heavy (non-hydrogen) atoms. The van der Waals surface area contributed by atoms with Gasteiger partial charge in [0, 0.05) is 0 Å². The van der Waals surface area contributed by atoms with Crippen LogP contribution in [0.2, 0.25) is 0 Å². The Balaban J connectivity index is 3.92. The molecule has 98 valence electrons. The van der Waals surface area contributed by atoms with Crippen molar-refractivity contribution < 1.29 is 30.6 Å². The molecule has 0 fully saturated rings. The van der Waals surface area contributed by atoms with Gasteiger partial charge in [-0.25, -0.2) is 0 Å². The monoisotopic (exact) mass is 238 g/mol. The minimum Gasteiger partial charge on any atom is -0.394 e. The van der Waals surface area contributed by atoms with Gasteiger partial charge in [-0.1, -0.05) is 6.92 Å². The van der Waals surface area contributed by atoms with Gasteiger partial charge in [0.15, 0.2) is 0 Å². The number of hydrogen-bond acceptors (Lipinski definition) is 6. The van der Waals surface area contributed by atoms with Crippen molar-refractivity contribution in [1.29, 1.82) is 0 Å². The van der Waals surface area contributed by atoms with E-state index in [2.05, 4.69) is 0 Å². The van der Waals surface area contributed by atoms with E-state index in [1.807, 2.05) is 0 Å². The molecule has 6 nitrogen and oxygen atoms in total. The smallest absolute Gasteiger partial charge is 0.103 e. The van der Waals surface area contributed by atoms with Crippen LogP contribution >= 0.6 is 0 Å². The molecular weight excluding hydrogens is 216 g/mol. The summed E-state index contributed by atoms with van der Waals surface area (Å²) in [6.45, 7) is 0.631. The molecule has 0 saturated heterocycles. The molecule has 5 unspecified atom stereocenters. The molecule has 0 aliphatic carbocycles. The lowest BCUT2D eigenvalue weighted by atomic mass is 9.93. The largest absolute Gasteiger partial charge is 0.394 e. The number of rotatable bonds is 8. The van der Waals surface area contributed by atoms with E-state index in [1.54, 1.807) is 6.92 Å². The van der Waals surface area contributed by atoms with E-state index in [0.29, 0.717) is 6.42 Å². The van der Waals surface area contributed by atoms with Gasteiger partial charge in [0.1, 0.15) is 12.2 Å². The Labute approximate surface area is 94.8 Å². The third kappa shape index (κ3) is 5.20. The van der Waals surface area contributed by atoms with Crippen molar-refractivity contribution in [2.24, 2.45) is 5.92 Å². The summed E-state index contributed by atoms with van der Waals surface area (Å²) in [5, 5.41) is 54.3. The second-order valence-electron chi connectivity index (χ2n) is 4.11. The maximum Gasteiger partial charge on any atom is 0.103 e. The average molecular weight is 238 g/mol.